The maximum Gasteiger partial charge on any atom is 0.338 e. The van der Waals surface area contributed by atoms with Crippen molar-refractivity contribution in [2.75, 3.05) is 29.4 Å². The number of carbonyl (C=O) groups excluding carboxylic acids is 2. The van der Waals surface area contributed by atoms with Crippen LogP contribution in [-0.4, -0.2) is 40.5 Å². The van der Waals surface area contributed by atoms with Gasteiger partial charge in [0.25, 0.3) is 15.9 Å². The molecule has 7 nitrogen and oxygen atoms in total. The summed E-state index contributed by atoms with van der Waals surface area (Å²) < 4.78 is 32.0. The maximum absolute atomic E-state index is 12.8. The van der Waals surface area contributed by atoms with Crippen molar-refractivity contribution < 1.29 is 22.7 Å². The van der Waals surface area contributed by atoms with E-state index in [1.807, 2.05) is 31.2 Å². The van der Waals surface area contributed by atoms with Crippen molar-refractivity contribution in [2.45, 2.75) is 18.2 Å². The Kier molecular flexibility index (Phi) is 6.20. The van der Waals surface area contributed by atoms with Gasteiger partial charge >= 0.3 is 5.97 Å². The second-order valence-corrected chi connectivity index (χ2v) is 9.80. The van der Waals surface area contributed by atoms with E-state index in [1.165, 1.54) is 31.3 Å². The van der Waals surface area contributed by atoms with Crippen LogP contribution in [0.4, 0.5) is 11.4 Å². The summed E-state index contributed by atoms with van der Waals surface area (Å²) >= 11 is 0. The molecule has 0 fully saturated rings. The molecule has 0 saturated carbocycles. The molecule has 0 N–H and O–H groups in total. The van der Waals surface area contributed by atoms with Crippen LogP contribution >= 0.6 is 0 Å². The van der Waals surface area contributed by atoms with E-state index in [4.69, 9.17) is 4.74 Å². The molecule has 3 aromatic carbocycles. The predicted octanol–water partition coefficient (Wildman–Crippen LogP) is 3.57. The largest absolute Gasteiger partial charge is 0.452 e. The van der Waals surface area contributed by atoms with E-state index in [1.54, 1.807) is 29.2 Å². The number of sulfonamides is 1. The SMILES string of the molecule is Cc1ccc(S(=O)(=O)N(C)c2ccc(C(=O)OCC(=O)N3CCc4ccccc43)cc2)cc1. The number of rotatable bonds is 6. The molecule has 1 aliphatic rings. The first kappa shape index (κ1) is 22.5. The fraction of sp³-hybridized carbons (Fsp3) is 0.200. The van der Waals surface area contributed by atoms with Gasteiger partial charge in [-0.2, -0.15) is 0 Å². The van der Waals surface area contributed by atoms with Gasteiger partial charge in [0.2, 0.25) is 0 Å². The van der Waals surface area contributed by atoms with Crippen molar-refractivity contribution in [3.63, 3.8) is 0 Å². The molecule has 1 heterocycles. The van der Waals surface area contributed by atoms with Gasteiger partial charge in [0.1, 0.15) is 0 Å². The first-order chi connectivity index (χ1) is 15.8. The van der Waals surface area contributed by atoms with Crippen molar-refractivity contribution in [1.29, 1.82) is 0 Å². The Morgan fingerprint density at radius 2 is 1.64 bits per heavy atom. The Balaban J connectivity index is 1.39. The highest BCUT2D eigenvalue weighted by atomic mass is 32.2. The molecule has 4 rings (SSSR count). The topological polar surface area (TPSA) is 84.0 Å². The minimum absolute atomic E-state index is 0.182. The third-order valence-corrected chi connectivity index (χ3v) is 7.46. The smallest absolute Gasteiger partial charge is 0.338 e. The minimum Gasteiger partial charge on any atom is -0.452 e. The lowest BCUT2D eigenvalue weighted by atomic mass is 10.2. The lowest BCUT2D eigenvalue weighted by molar-refractivity contribution is -0.121. The molecule has 0 atom stereocenters. The fourth-order valence-corrected chi connectivity index (χ4v) is 4.90. The van der Waals surface area contributed by atoms with Crippen LogP contribution in [0, 0.1) is 6.92 Å². The average Bonchev–Trinajstić information content (AvgIpc) is 3.26. The first-order valence-electron chi connectivity index (χ1n) is 10.5. The molecular weight excluding hydrogens is 440 g/mol. The molecule has 33 heavy (non-hydrogen) atoms. The van der Waals surface area contributed by atoms with E-state index in [2.05, 4.69) is 0 Å². The van der Waals surface area contributed by atoms with Crippen LogP contribution in [-0.2, 0) is 26.0 Å². The Morgan fingerprint density at radius 1 is 0.970 bits per heavy atom. The zero-order valence-electron chi connectivity index (χ0n) is 18.4. The second kappa shape index (κ2) is 9.07. The van der Waals surface area contributed by atoms with E-state index in [0.717, 1.165) is 27.5 Å². The molecule has 0 unspecified atom stereocenters. The highest BCUT2D eigenvalue weighted by Gasteiger charge is 2.25. The van der Waals surface area contributed by atoms with Crippen molar-refractivity contribution >= 4 is 33.3 Å². The van der Waals surface area contributed by atoms with E-state index in [0.29, 0.717) is 12.2 Å². The highest BCUT2D eigenvalue weighted by Crippen LogP contribution is 2.27. The van der Waals surface area contributed by atoms with Crippen LogP contribution in [0.15, 0.2) is 77.7 Å². The molecule has 0 bridgehead atoms. The summed E-state index contributed by atoms with van der Waals surface area (Å²) in [6.45, 7) is 2.08. The summed E-state index contributed by atoms with van der Waals surface area (Å²) in [5.41, 5.74) is 3.54. The predicted molar refractivity (Wildman–Crippen MR) is 126 cm³/mol. The van der Waals surface area contributed by atoms with Crippen LogP contribution in [0.25, 0.3) is 0 Å². The Labute approximate surface area is 193 Å². The normalized spacial score (nSPS) is 12.8. The molecule has 0 radical (unpaired) electrons. The van der Waals surface area contributed by atoms with E-state index < -0.39 is 16.0 Å². The number of benzene rings is 3. The molecule has 0 spiro atoms. The average molecular weight is 465 g/mol. The number of amides is 1. The Bertz CT molecular complexity index is 1290. The molecule has 0 saturated heterocycles. The number of para-hydroxylation sites is 1. The van der Waals surface area contributed by atoms with Gasteiger partial charge in [-0.15, -0.1) is 0 Å². The van der Waals surface area contributed by atoms with Gasteiger partial charge in [-0.05, 0) is 61.4 Å². The maximum atomic E-state index is 12.8. The van der Waals surface area contributed by atoms with Gasteiger partial charge in [-0.3, -0.25) is 9.10 Å². The number of hydrogen-bond donors (Lipinski definition) is 0. The molecule has 1 aliphatic heterocycles. The lowest BCUT2D eigenvalue weighted by Crippen LogP contribution is -2.33. The highest BCUT2D eigenvalue weighted by molar-refractivity contribution is 7.92. The third-order valence-electron chi connectivity index (χ3n) is 5.66. The number of ether oxygens (including phenoxy) is 1. The van der Waals surface area contributed by atoms with Gasteiger partial charge in [0.05, 0.1) is 16.1 Å². The number of aryl methyl sites for hydroxylation is 1. The number of carbonyl (C=O) groups is 2. The van der Waals surface area contributed by atoms with E-state index in [-0.39, 0.29) is 23.0 Å². The van der Waals surface area contributed by atoms with Gasteiger partial charge in [-0.1, -0.05) is 35.9 Å². The first-order valence-corrected chi connectivity index (χ1v) is 11.9. The Hall–Kier alpha value is -3.65. The van der Waals surface area contributed by atoms with Crippen LogP contribution in [0.3, 0.4) is 0 Å². The van der Waals surface area contributed by atoms with Crippen LogP contribution in [0.2, 0.25) is 0 Å². The molecule has 170 valence electrons. The van der Waals surface area contributed by atoms with Crippen molar-refractivity contribution in [3.8, 4) is 0 Å². The fourth-order valence-electron chi connectivity index (χ4n) is 3.70. The quantitative estimate of drug-likeness (QED) is 0.521. The number of esters is 1. The summed E-state index contributed by atoms with van der Waals surface area (Å²) in [6, 6.07) is 20.3. The second-order valence-electron chi connectivity index (χ2n) is 7.83. The molecule has 0 aromatic heterocycles. The lowest BCUT2D eigenvalue weighted by Gasteiger charge is -2.20. The van der Waals surface area contributed by atoms with E-state index in [9.17, 15) is 18.0 Å². The number of fused-ring (bicyclic) bond motifs is 1. The van der Waals surface area contributed by atoms with E-state index >= 15 is 0 Å². The number of anilines is 2. The van der Waals surface area contributed by atoms with Crippen molar-refractivity contribution in [1.82, 2.24) is 0 Å². The van der Waals surface area contributed by atoms with Gasteiger partial charge in [0, 0.05) is 19.3 Å². The van der Waals surface area contributed by atoms with Gasteiger partial charge in [0.15, 0.2) is 6.61 Å². The van der Waals surface area contributed by atoms with Crippen LogP contribution in [0.5, 0.6) is 0 Å². The number of nitrogens with zero attached hydrogens (tertiary/aromatic N) is 2. The standard InChI is InChI=1S/C25H24N2O5S/c1-18-7-13-22(14-8-18)33(30,31)26(2)21-11-9-20(10-12-21)25(29)32-17-24(28)27-16-15-19-5-3-4-6-23(19)27/h3-14H,15-17H2,1-2H3. The summed E-state index contributed by atoms with van der Waals surface area (Å²) in [5.74, 6) is -0.930. The zero-order valence-corrected chi connectivity index (χ0v) is 19.2. The van der Waals surface area contributed by atoms with Gasteiger partial charge in [-0.25, -0.2) is 13.2 Å². The zero-order chi connectivity index (χ0) is 23.6. The molecule has 3 aromatic rings. The minimum atomic E-state index is -3.73. The number of hydrogen-bond acceptors (Lipinski definition) is 5. The molecule has 0 aliphatic carbocycles. The summed E-state index contributed by atoms with van der Waals surface area (Å²) in [5, 5.41) is 0. The molecular formula is C25H24N2O5S. The van der Waals surface area contributed by atoms with Crippen molar-refractivity contribution in [2.24, 2.45) is 0 Å². The van der Waals surface area contributed by atoms with Crippen LogP contribution in [0.1, 0.15) is 21.5 Å². The molecule has 8 heteroatoms. The third kappa shape index (κ3) is 4.61. The molecule has 1 amide bonds. The Morgan fingerprint density at radius 3 is 2.33 bits per heavy atom. The van der Waals surface area contributed by atoms with Crippen molar-refractivity contribution in [3.05, 3.63) is 89.5 Å². The monoisotopic (exact) mass is 464 g/mol. The summed E-state index contributed by atoms with van der Waals surface area (Å²) in [6.07, 6.45) is 0.774. The van der Waals surface area contributed by atoms with Crippen LogP contribution < -0.4 is 9.21 Å². The summed E-state index contributed by atoms with van der Waals surface area (Å²) in [7, 11) is -2.28. The summed E-state index contributed by atoms with van der Waals surface area (Å²) in [4.78, 5) is 26.7. The van der Waals surface area contributed by atoms with Gasteiger partial charge < -0.3 is 9.64 Å².